The highest BCUT2D eigenvalue weighted by Gasteiger charge is 2.24. The number of thiazole rings is 1. The zero-order chi connectivity index (χ0) is 17.9. The molecular weight excluding hydrogens is 350 g/mol. The average Bonchev–Trinajstić information content (AvgIpc) is 3.37. The summed E-state index contributed by atoms with van der Waals surface area (Å²) < 4.78 is 6.00. The van der Waals surface area contributed by atoms with Crippen molar-refractivity contribution in [3.63, 3.8) is 0 Å². The van der Waals surface area contributed by atoms with Crippen LogP contribution in [0.4, 0.5) is 0 Å². The number of hydrogen-bond acceptors (Lipinski definition) is 5. The molecule has 0 radical (unpaired) electrons. The highest BCUT2D eigenvalue weighted by molar-refractivity contribution is 7.16. The Hall–Kier alpha value is -2.67. The Balaban J connectivity index is 1.28. The second kappa shape index (κ2) is 7.29. The third kappa shape index (κ3) is 3.48. The first-order chi connectivity index (χ1) is 12.7. The van der Waals surface area contributed by atoms with Crippen LogP contribution in [0.5, 0.6) is 0 Å². The zero-order valence-electron chi connectivity index (χ0n) is 14.2. The third-order valence-corrected chi connectivity index (χ3v) is 5.61. The first-order valence-corrected chi connectivity index (χ1v) is 9.51. The highest BCUT2D eigenvalue weighted by atomic mass is 32.1. The molecule has 4 rings (SSSR count). The van der Waals surface area contributed by atoms with Gasteiger partial charge in [-0.05, 0) is 43.0 Å². The largest absolute Gasteiger partial charge is 0.472 e. The summed E-state index contributed by atoms with van der Waals surface area (Å²) in [5, 5.41) is 3.02. The molecule has 3 heterocycles. The number of furan rings is 1. The number of hydrogen-bond donors (Lipinski definition) is 1. The summed E-state index contributed by atoms with van der Waals surface area (Å²) >= 11 is 1.53. The highest BCUT2D eigenvalue weighted by Crippen LogP contribution is 2.20. The number of carbonyl (C=O) groups excluding carboxylic acids is 2. The molecule has 134 valence electrons. The van der Waals surface area contributed by atoms with Crippen LogP contribution in [0.1, 0.15) is 33.6 Å². The number of nitrogens with one attached hydrogen (secondary N) is 1. The Morgan fingerprint density at radius 2 is 2.08 bits per heavy atom. The molecule has 0 spiro atoms. The van der Waals surface area contributed by atoms with Crippen LogP contribution in [-0.4, -0.2) is 41.3 Å². The monoisotopic (exact) mass is 369 g/mol. The number of nitrogens with zero attached hydrogens (tertiary/aromatic N) is 2. The second-order valence-electron chi connectivity index (χ2n) is 6.49. The van der Waals surface area contributed by atoms with Crippen LogP contribution in [0.3, 0.4) is 0 Å². The van der Waals surface area contributed by atoms with Crippen LogP contribution in [0.2, 0.25) is 0 Å². The molecule has 1 fully saturated rings. The van der Waals surface area contributed by atoms with Gasteiger partial charge in [0, 0.05) is 25.2 Å². The fraction of sp³-hybridized carbons (Fsp3) is 0.316. The third-order valence-electron chi connectivity index (χ3n) is 4.81. The summed E-state index contributed by atoms with van der Waals surface area (Å²) in [5.41, 5.74) is 3.95. The summed E-state index contributed by atoms with van der Waals surface area (Å²) in [6, 6.07) is 7.26. The van der Waals surface area contributed by atoms with Gasteiger partial charge < -0.3 is 14.6 Å². The topological polar surface area (TPSA) is 75.4 Å². The lowest BCUT2D eigenvalue weighted by atomic mass is 9.96. The molecule has 6 nitrogen and oxygen atoms in total. The summed E-state index contributed by atoms with van der Waals surface area (Å²) in [6.07, 6.45) is 4.77. The van der Waals surface area contributed by atoms with Gasteiger partial charge in [-0.1, -0.05) is 0 Å². The molecule has 7 heteroatoms. The number of likely N-dealkylation sites (tertiary alicyclic amines) is 1. The van der Waals surface area contributed by atoms with Gasteiger partial charge in [0.15, 0.2) is 0 Å². The number of amides is 2. The fourth-order valence-electron chi connectivity index (χ4n) is 3.24. The lowest BCUT2D eigenvalue weighted by Crippen LogP contribution is -2.41. The van der Waals surface area contributed by atoms with Crippen molar-refractivity contribution < 1.29 is 14.0 Å². The van der Waals surface area contributed by atoms with Crippen molar-refractivity contribution >= 4 is 33.4 Å². The molecule has 2 amide bonds. The van der Waals surface area contributed by atoms with Crippen molar-refractivity contribution in [2.45, 2.75) is 12.8 Å². The number of piperidine rings is 1. The molecule has 0 atom stereocenters. The van der Waals surface area contributed by atoms with E-state index in [9.17, 15) is 9.59 Å². The van der Waals surface area contributed by atoms with Crippen LogP contribution in [0.15, 0.2) is 46.7 Å². The fourth-order valence-corrected chi connectivity index (χ4v) is 3.96. The van der Waals surface area contributed by atoms with Gasteiger partial charge in [-0.2, -0.15) is 0 Å². The van der Waals surface area contributed by atoms with Crippen molar-refractivity contribution in [1.82, 2.24) is 15.2 Å². The van der Waals surface area contributed by atoms with Crippen molar-refractivity contribution in [1.29, 1.82) is 0 Å². The minimum Gasteiger partial charge on any atom is -0.472 e. The molecule has 26 heavy (non-hydrogen) atoms. The van der Waals surface area contributed by atoms with E-state index in [4.69, 9.17) is 4.42 Å². The minimum atomic E-state index is -0.0581. The van der Waals surface area contributed by atoms with Gasteiger partial charge in [0.25, 0.3) is 11.8 Å². The minimum absolute atomic E-state index is 0.0131. The lowest BCUT2D eigenvalue weighted by Gasteiger charge is -2.31. The molecule has 0 bridgehead atoms. The number of fused-ring (bicyclic) bond motifs is 1. The van der Waals surface area contributed by atoms with E-state index in [-0.39, 0.29) is 11.8 Å². The van der Waals surface area contributed by atoms with Crippen molar-refractivity contribution in [2.24, 2.45) is 5.92 Å². The molecule has 1 N–H and O–H groups in total. The van der Waals surface area contributed by atoms with E-state index in [0.29, 0.717) is 36.7 Å². The first kappa shape index (κ1) is 16.8. The van der Waals surface area contributed by atoms with E-state index in [1.807, 2.05) is 23.1 Å². The molecule has 1 saturated heterocycles. The van der Waals surface area contributed by atoms with Crippen LogP contribution in [-0.2, 0) is 0 Å². The van der Waals surface area contributed by atoms with Crippen LogP contribution < -0.4 is 5.32 Å². The Kier molecular flexibility index (Phi) is 4.71. The average molecular weight is 369 g/mol. The molecule has 1 aliphatic heterocycles. The maximum Gasteiger partial charge on any atom is 0.257 e. The van der Waals surface area contributed by atoms with Crippen LogP contribution >= 0.6 is 11.3 Å². The number of carbonyl (C=O) groups is 2. The Morgan fingerprint density at radius 3 is 2.85 bits per heavy atom. The van der Waals surface area contributed by atoms with Crippen molar-refractivity contribution in [3.05, 3.63) is 53.4 Å². The lowest BCUT2D eigenvalue weighted by molar-refractivity contribution is 0.0683. The van der Waals surface area contributed by atoms with Crippen molar-refractivity contribution in [2.75, 3.05) is 19.6 Å². The van der Waals surface area contributed by atoms with Crippen molar-refractivity contribution in [3.8, 4) is 0 Å². The van der Waals surface area contributed by atoms with Gasteiger partial charge in [-0.25, -0.2) is 4.98 Å². The molecule has 0 saturated carbocycles. The van der Waals surface area contributed by atoms with Gasteiger partial charge in [0.1, 0.15) is 6.26 Å². The molecule has 2 aromatic heterocycles. The molecule has 3 aromatic rings. The van der Waals surface area contributed by atoms with E-state index in [2.05, 4.69) is 10.3 Å². The first-order valence-electron chi connectivity index (χ1n) is 8.63. The van der Waals surface area contributed by atoms with E-state index >= 15 is 0 Å². The Morgan fingerprint density at radius 1 is 1.23 bits per heavy atom. The molecular formula is C19H19N3O3S. The van der Waals surface area contributed by atoms with Gasteiger partial charge >= 0.3 is 0 Å². The molecule has 0 unspecified atom stereocenters. The second-order valence-corrected chi connectivity index (χ2v) is 7.38. The predicted octanol–water partition coefficient (Wildman–Crippen LogP) is 3.17. The van der Waals surface area contributed by atoms with E-state index in [1.54, 1.807) is 11.6 Å². The van der Waals surface area contributed by atoms with E-state index in [0.717, 1.165) is 23.1 Å². The number of aromatic nitrogens is 1. The smallest absolute Gasteiger partial charge is 0.257 e. The molecule has 1 aromatic carbocycles. The maximum absolute atomic E-state index is 12.4. The zero-order valence-corrected chi connectivity index (χ0v) is 15.0. The number of rotatable bonds is 4. The van der Waals surface area contributed by atoms with Crippen LogP contribution in [0.25, 0.3) is 10.2 Å². The van der Waals surface area contributed by atoms with E-state index < -0.39 is 0 Å². The summed E-state index contributed by atoms with van der Waals surface area (Å²) in [4.78, 5) is 30.7. The Labute approximate surface area is 154 Å². The summed E-state index contributed by atoms with van der Waals surface area (Å²) in [7, 11) is 0. The molecule has 0 aliphatic carbocycles. The Bertz CT molecular complexity index is 911. The number of benzene rings is 1. The maximum atomic E-state index is 12.4. The predicted molar refractivity (Wildman–Crippen MR) is 99.3 cm³/mol. The van der Waals surface area contributed by atoms with Crippen LogP contribution in [0, 0.1) is 5.92 Å². The van der Waals surface area contributed by atoms with Gasteiger partial charge in [-0.3, -0.25) is 9.59 Å². The van der Waals surface area contributed by atoms with Gasteiger partial charge in [-0.15, -0.1) is 11.3 Å². The van der Waals surface area contributed by atoms with Gasteiger partial charge in [0.05, 0.1) is 27.6 Å². The summed E-state index contributed by atoms with van der Waals surface area (Å²) in [5.74, 6) is 0.343. The normalized spacial score (nSPS) is 15.3. The molecule has 1 aliphatic rings. The quantitative estimate of drug-likeness (QED) is 0.766. The standard InChI is InChI=1S/C19H19N3O3S/c23-18(14-1-2-16-17(9-14)26-12-21-16)20-10-13-3-6-22(7-4-13)19(24)15-5-8-25-11-15/h1-2,5,8-9,11-13H,3-4,6-7,10H2,(H,20,23). The SMILES string of the molecule is O=C(NCC1CCN(C(=O)c2ccoc2)CC1)c1ccc2ncsc2c1. The van der Waals surface area contributed by atoms with E-state index in [1.165, 1.54) is 23.9 Å². The van der Waals surface area contributed by atoms with Gasteiger partial charge in [0.2, 0.25) is 0 Å². The summed E-state index contributed by atoms with van der Waals surface area (Å²) in [6.45, 7) is 2.04.